The van der Waals surface area contributed by atoms with Gasteiger partial charge in [0.1, 0.15) is 0 Å². The zero-order chi connectivity index (χ0) is 12.3. The minimum Gasteiger partial charge on any atom is -0.383 e. The van der Waals surface area contributed by atoms with Crippen molar-refractivity contribution in [2.24, 2.45) is 0 Å². The molecule has 0 aromatic heterocycles. The van der Waals surface area contributed by atoms with Gasteiger partial charge in [-0.2, -0.15) is 0 Å². The number of halogens is 1. The van der Waals surface area contributed by atoms with Crippen LogP contribution in [0.2, 0.25) is 5.02 Å². The first-order chi connectivity index (χ1) is 8.20. The molecule has 1 aromatic carbocycles. The summed E-state index contributed by atoms with van der Waals surface area (Å²) in [6, 6.07) is 7.53. The third kappa shape index (κ3) is 2.90. The van der Waals surface area contributed by atoms with Crippen molar-refractivity contribution in [1.29, 1.82) is 0 Å². The molecule has 2 amide bonds. The first kappa shape index (κ1) is 12.2. The highest BCUT2D eigenvalue weighted by Crippen LogP contribution is 2.22. The van der Waals surface area contributed by atoms with Crippen LogP contribution in [0.25, 0.3) is 0 Å². The molecule has 1 atom stereocenters. The van der Waals surface area contributed by atoms with Crippen molar-refractivity contribution in [1.82, 2.24) is 10.2 Å². The monoisotopic (exact) mass is 254 g/mol. The molecular formula is C12H15ClN2O2. The van der Waals surface area contributed by atoms with Gasteiger partial charge in [-0.05, 0) is 17.7 Å². The maximum atomic E-state index is 11.7. The zero-order valence-electron chi connectivity index (χ0n) is 9.65. The van der Waals surface area contributed by atoms with E-state index in [9.17, 15) is 4.79 Å². The van der Waals surface area contributed by atoms with Gasteiger partial charge >= 0.3 is 6.03 Å². The van der Waals surface area contributed by atoms with Crippen LogP contribution >= 0.6 is 11.6 Å². The average molecular weight is 255 g/mol. The van der Waals surface area contributed by atoms with Gasteiger partial charge in [0, 0.05) is 25.2 Å². The van der Waals surface area contributed by atoms with E-state index in [0.29, 0.717) is 24.7 Å². The van der Waals surface area contributed by atoms with Crippen molar-refractivity contribution in [3.63, 3.8) is 0 Å². The third-order valence-corrected chi connectivity index (χ3v) is 3.04. The zero-order valence-corrected chi connectivity index (χ0v) is 10.4. The Bertz CT molecular complexity index is 411. The van der Waals surface area contributed by atoms with Crippen molar-refractivity contribution in [3.8, 4) is 0 Å². The van der Waals surface area contributed by atoms with Crippen molar-refractivity contribution >= 4 is 17.6 Å². The van der Waals surface area contributed by atoms with Gasteiger partial charge in [-0.15, -0.1) is 0 Å². The van der Waals surface area contributed by atoms with Crippen LogP contribution in [0.15, 0.2) is 24.3 Å². The Labute approximate surface area is 106 Å². The molecule has 1 aliphatic heterocycles. The van der Waals surface area contributed by atoms with Gasteiger partial charge < -0.3 is 15.0 Å². The largest absolute Gasteiger partial charge is 0.383 e. The number of methoxy groups -OCH3 is 1. The number of hydrogen-bond acceptors (Lipinski definition) is 2. The van der Waals surface area contributed by atoms with Crippen molar-refractivity contribution in [2.45, 2.75) is 6.04 Å². The van der Waals surface area contributed by atoms with Gasteiger partial charge in [0.2, 0.25) is 0 Å². The molecule has 1 fully saturated rings. The fourth-order valence-electron chi connectivity index (χ4n) is 1.90. The smallest absolute Gasteiger partial charge is 0.318 e. The Morgan fingerprint density at radius 2 is 2.41 bits per heavy atom. The first-order valence-corrected chi connectivity index (χ1v) is 5.88. The Balaban J connectivity index is 2.03. The minimum absolute atomic E-state index is 0.0121. The number of rotatable bonds is 4. The summed E-state index contributed by atoms with van der Waals surface area (Å²) in [5.74, 6) is 0. The highest BCUT2D eigenvalue weighted by atomic mass is 35.5. The highest BCUT2D eigenvalue weighted by Gasteiger charge is 2.29. The van der Waals surface area contributed by atoms with E-state index < -0.39 is 0 Å². The second-order valence-corrected chi connectivity index (χ2v) is 4.43. The average Bonchev–Trinajstić information content (AvgIpc) is 2.68. The minimum atomic E-state index is -0.0491. The lowest BCUT2D eigenvalue weighted by molar-refractivity contribution is 0.161. The van der Waals surface area contributed by atoms with E-state index in [2.05, 4.69) is 5.32 Å². The van der Waals surface area contributed by atoms with Crippen LogP contribution < -0.4 is 5.32 Å². The van der Waals surface area contributed by atoms with Crippen molar-refractivity contribution < 1.29 is 9.53 Å². The Kier molecular flexibility index (Phi) is 3.86. The maximum absolute atomic E-state index is 11.7. The molecule has 0 aliphatic carbocycles. The van der Waals surface area contributed by atoms with Crippen LogP contribution in [0.3, 0.4) is 0 Å². The van der Waals surface area contributed by atoms with E-state index >= 15 is 0 Å². The Morgan fingerprint density at radius 3 is 3.12 bits per heavy atom. The number of urea groups is 1. The fraction of sp³-hybridized carbons (Fsp3) is 0.417. The third-order valence-electron chi connectivity index (χ3n) is 2.80. The van der Waals surface area contributed by atoms with E-state index in [4.69, 9.17) is 16.3 Å². The van der Waals surface area contributed by atoms with Crippen molar-refractivity contribution in [2.75, 3.05) is 26.8 Å². The van der Waals surface area contributed by atoms with Gasteiger partial charge in [0.05, 0.1) is 12.6 Å². The molecule has 0 bridgehead atoms. The summed E-state index contributed by atoms with van der Waals surface area (Å²) in [6.07, 6.45) is 0. The van der Waals surface area contributed by atoms with E-state index in [1.54, 1.807) is 12.0 Å². The number of carbonyl (C=O) groups excluding carboxylic acids is 1. The SMILES string of the molecule is COCCN1CC(c2cccc(Cl)c2)NC1=O. The molecule has 17 heavy (non-hydrogen) atoms. The van der Waals surface area contributed by atoms with Gasteiger partial charge in [-0.1, -0.05) is 23.7 Å². The molecule has 4 nitrogen and oxygen atoms in total. The second kappa shape index (κ2) is 5.38. The maximum Gasteiger partial charge on any atom is 0.318 e. The number of nitrogens with one attached hydrogen (secondary N) is 1. The predicted octanol–water partition coefficient (Wildman–Crippen LogP) is 2.05. The second-order valence-electron chi connectivity index (χ2n) is 4.00. The number of hydrogen-bond donors (Lipinski definition) is 1. The standard InChI is InChI=1S/C12H15ClN2O2/c1-17-6-5-15-8-11(14-12(15)16)9-3-2-4-10(13)7-9/h2-4,7,11H,5-6,8H2,1H3,(H,14,16). The number of nitrogens with zero attached hydrogens (tertiary/aromatic N) is 1. The molecule has 1 N–H and O–H groups in total. The fourth-order valence-corrected chi connectivity index (χ4v) is 2.09. The van der Waals surface area contributed by atoms with E-state index in [0.717, 1.165) is 5.56 Å². The van der Waals surface area contributed by atoms with Gasteiger partial charge in [0.25, 0.3) is 0 Å². The summed E-state index contributed by atoms with van der Waals surface area (Å²) >= 11 is 5.93. The summed E-state index contributed by atoms with van der Waals surface area (Å²) in [5, 5.41) is 3.62. The van der Waals surface area contributed by atoms with Crippen LogP contribution in [0.4, 0.5) is 4.79 Å². The molecule has 1 saturated heterocycles. The van der Waals surface area contributed by atoms with Crippen LogP contribution in [-0.4, -0.2) is 37.7 Å². The number of ether oxygens (including phenoxy) is 1. The van der Waals surface area contributed by atoms with Crippen molar-refractivity contribution in [3.05, 3.63) is 34.9 Å². The molecule has 0 saturated carbocycles. The molecular weight excluding hydrogens is 240 g/mol. The normalized spacial score (nSPS) is 19.5. The molecule has 0 spiro atoms. The summed E-state index contributed by atoms with van der Waals surface area (Å²) in [5.41, 5.74) is 1.03. The van der Waals surface area contributed by atoms with E-state index in [-0.39, 0.29) is 12.1 Å². The number of carbonyl (C=O) groups is 1. The number of amides is 2. The topological polar surface area (TPSA) is 41.6 Å². The molecule has 1 aliphatic rings. The first-order valence-electron chi connectivity index (χ1n) is 5.50. The summed E-state index contributed by atoms with van der Waals surface area (Å²) in [4.78, 5) is 13.4. The summed E-state index contributed by atoms with van der Waals surface area (Å²) < 4.78 is 4.97. The molecule has 92 valence electrons. The summed E-state index contributed by atoms with van der Waals surface area (Å²) in [7, 11) is 1.63. The predicted molar refractivity (Wildman–Crippen MR) is 66.2 cm³/mol. The van der Waals surface area contributed by atoms with Crippen LogP contribution in [-0.2, 0) is 4.74 Å². The van der Waals surface area contributed by atoms with Crippen LogP contribution in [0, 0.1) is 0 Å². The Hall–Kier alpha value is -1.26. The molecule has 1 unspecified atom stereocenters. The van der Waals surface area contributed by atoms with E-state index in [1.165, 1.54) is 0 Å². The lowest BCUT2D eigenvalue weighted by atomic mass is 10.1. The van der Waals surface area contributed by atoms with Gasteiger partial charge in [-0.3, -0.25) is 0 Å². The lowest BCUT2D eigenvalue weighted by Gasteiger charge is -2.13. The number of benzene rings is 1. The highest BCUT2D eigenvalue weighted by molar-refractivity contribution is 6.30. The van der Waals surface area contributed by atoms with Gasteiger partial charge in [0.15, 0.2) is 0 Å². The summed E-state index contributed by atoms with van der Waals surface area (Å²) in [6.45, 7) is 1.82. The molecule has 0 radical (unpaired) electrons. The Morgan fingerprint density at radius 1 is 1.59 bits per heavy atom. The molecule has 5 heteroatoms. The quantitative estimate of drug-likeness (QED) is 0.894. The van der Waals surface area contributed by atoms with Crippen LogP contribution in [0.5, 0.6) is 0 Å². The molecule has 1 heterocycles. The van der Waals surface area contributed by atoms with Gasteiger partial charge in [-0.25, -0.2) is 4.79 Å². The molecule has 2 rings (SSSR count). The lowest BCUT2D eigenvalue weighted by Crippen LogP contribution is -2.30. The van der Waals surface area contributed by atoms with E-state index in [1.807, 2.05) is 24.3 Å². The molecule has 1 aromatic rings. The van der Waals surface area contributed by atoms with Crippen LogP contribution in [0.1, 0.15) is 11.6 Å².